The molecule has 8 aromatic carbocycles. The zero-order valence-corrected chi connectivity index (χ0v) is 40.2. The molecule has 0 fully saturated rings. The van der Waals surface area contributed by atoms with Crippen LogP contribution < -0.4 is 9.47 Å². The van der Waals surface area contributed by atoms with Crippen molar-refractivity contribution >= 4 is 45.9 Å². The first-order valence-corrected chi connectivity index (χ1v) is 23.2. The van der Waals surface area contributed by atoms with Crippen LogP contribution in [0.3, 0.4) is 0 Å². The van der Waals surface area contributed by atoms with E-state index in [0.29, 0.717) is 61.5 Å². The second-order valence-electron chi connectivity index (χ2n) is 18.5. The lowest BCUT2D eigenvalue weighted by Gasteiger charge is -2.36. The fraction of sp³-hybridized carbons (Fsp3) is 0.153. The average molecular weight is 980 g/mol. The predicted molar refractivity (Wildman–Crippen MR) is 278 cm³/mol. The number of hydrogen-bond donors (Lipinski definition) is 0. The van der Waals surface area contributed by atoms with Crippen molar-refractivity contribution in [3.63, 3.8) is 0 Å². The van der Waals surface area contributed by atoms with Crippen LogP contribution >= 0.6 is 0 Å². The molecule has 0 saturated carbocycles. The summed E-state index contributed by atoms with van der Waals surface area (Å²) in [4.78, 5) is 56.4. The maximum absolute atomic E-state index is 12.9. The number of benzene rings is 8. The highest BCUT2D eigenvalue weighted by molar-refractivity contribution is 6.26. The molecule has 74 heavy (non-hydrogen) atoms. The lowest BCUT2D eigenvalue weighted by molar-refractivity contribution is 0.0214. The van der Waals surface area contributed by atoms with Crippen LogP contribution in [0.2, 0.25) is 0 Å². The number of carbonyl (C=O) groups excluding carboxylic acids is 4. The molecule has 13 rings (SSSR count). The van der Waals surface area contributed by atoms with Crippen molar-refractivity contribution in [1.82, 2.24) is 4.90 Å². The van der Waals surface area contributed by atoms with Gasteiger partial charge in [0, 0.05) is 78.1 Å². The van der Waals surface area contributed by atoms with Gasteiger partial charge < -0.3 is 18.9 Å². The maximum Gasteiger partial charge on any atom is 0.340 e. The van der Waals surface area contributed by atoms with Crippen molar-refractivity contribution in [3.8, 4) is 23.0 Å². The Morgan fingerprint density at radius 2 is 0.959 bits per heavy atom. The molecule has 364 valence electrons. The van der Waals surface area contributed by atoms with Gasteiger partial charge in [-0.3, -0.25) is 14.5 Å². The molecular formula is C59H45N7O8. The third-order valence-corrected chi connectivity index (χ3v) is 14.0. The summed E-state index contributed by atoms with van der Waals surface area (Å²) >= 11 is 0. The number of aryl methyl sites for hydroxylation is 5. The Labute approximate surface area is 424 Å². The second kappa shape index (κ2) is 17.9. The van der Waals surface area contributed by atoms with Crippen LogP contribution in [0.4, 0.5) is 11.4 Å². The van der Waals surface area contributed by atoms with E-state index < -0.39 is 11.2 Å². The number of rotatable bonds is 2. The van der Waals surface area contributed by atoms with Crippen molar-refractivity contribution in [2.45, 2.75) is 53.2 Å². The molecule has 0 aliphatic carbocycles. The van der Waals surface area contributed by atoms with Crippen LogP contribution in [-0.2, 0) is 20.7 Å². The number of carbonyl (C=O) groups is 4. The summed E-state index contributed by atoms with van der Waals surface area (Å²) in [6.07, 6.45) is 0. The first kappa shape index (κ1) is 48.0. The lowest BCUT2D eigenvalue weighted by atomic mass is 9.76. The molecule has 0 saturated heterocycles. The van der Waals surface area contributed by atoms with Crippen LogP contribution in [0.1, 0.15) is 110 Å². The molecule has 1 atom stereocenters. The van der Waals surface area contributed by atoms with Gasteiger partial charge in [0.1, 0.15) is 23.0 Å². The summed E-state index contributed by atoms with van der Waals surface area (Å²) < 4.78 is 24.6. The molecule has 1 unspecified atom stereocenters. The monoisotopic (exact) mass is 979 g/mol. The zero-order valence-electron chi connectivity index (χ0n) is 40.2. The second-order valence-corrected chi connectivity index (χ2v) is 18.5. The van der Waals surface area contributed by atoms with Crippen molar-refractivity contribution < 1.29 is 38.1 Å². The van der Waals surface area contributed by atoms with E-state index in [1.54, 1.807) is 48.5 Å². The van der Waals surface area contributed by atoms with Gasteiger partial charge in [0.05, 0.1) is 11.1 Å². The maximum atomic E-state index is 12.9. The molecule has 2 amide bonds. The van der Waals surface area contributed by atoms with Crippen molar-refractivity contribution in [2.24, 2.45) is 10.2 Å². The molecule has 0 aromatic heterocycles. The number of nitrogens with zero attached hydrogens (tertiary/aromatic N) is 7. The number of ether oxygens (including phenoxy) is 4. The molecule has 5 aliphatic rings. The third kappa shape index (κ3) is 7.21. The normalized spacial score (nSPS) is 16.0. The van der Waals surface area contributed by atoms with Crippen molar-refractivity contribution in [3.05, 3.63) is 244 Å². The Kier molecular flexibility index (Phi) is 11.6. The standard InChI is InChI=1S/C23H17N3O3.C22H16O3.C13H8N4O2.CH4/c1-12-4-6-17-20(8-12)28-21-11-15(25-26-24)5-7-18(21)23(17)19-10-14(3)13(2)9-16(19)22(27)29-23;1-13-7-9-17-19(11-13)24-20-12-14(2)8-10-18(20)22(17)16-6-4-3-5-15(16)21(23)25-22;1-17-12(18)8-4-2-3-7-10(15-16-14)6-5-9(11(7)8)13(17)19;/h4-11H,1-3H3;3-12H,1-2H3;2-6H,1H3;1H4. The highest BCUT2D eigenvalue weighted by Crippen LogP contribution is 2.58. The van der Waals surface area contributed by atoms with Crippen LogP contribution in [-0.4, -0.2) is 35.7 Å². The topological polar surface area (TPSA) is 206 Å². The Morgan fingerprint density at radius 3 is 1.54 bits per heavy atom. The molecule has 2 spiro atoms. The van der Waals surface area contributed by atoms with E-state index in [9.17, 15) is 19.2 Å². The fourth-order valence-corrected chi connectivity index (χ4v) is 10.4. The van der Waals surface area contributed by atoms with Gasteiger partial charge in [0.15, 0.2) is 11.2 Å². The summed E-state index contributed by atoms with van der Waals surface area (Å²) in [7, 11) is 1.45. The predicted octanol–water partition coefficient (Wildman–Crippen LogP) is 14.6. The Bertz CT molecular complexity index is 3840. The first-order valence-electron chi connectivity index (χ1n) is 23.2. The van der Waals surface area contributed by atoms with Gasteiger partial charge in [-0.15, -0.1) is 0 Å². The summed E-state index contributed by atoms with van der Waals surface area (Å²) in [6, 6.07) is 42.9. The minimum Gasteiger partial charge on any atom is -0.456 e. The quantitative estimate of drug-likeness (QED) is 0.0534. The smallest absolute Gasteiger partial charge is 0.340 e. The van der Waals surface area contributed by atoms with E-state index in [-0.39, 0.29) is 31.2 Å². The van der Waals surface area contributed by atoms with Gasteiger partial charge in [-0.1, -0.05) is 109 Å². The fourth-order valence-electron chi connectivity index (χ4n) is 10.4. The number of fused-ring (bicyclic) bond motifs is 12. The molecule has 0 N–H and O–H groups in total. The minimum atomic E-state index is -1.10. The summed E-state index contributed by atoms with van der Waals surface area (Å²) in [5.41, 5.74) is 28.5. The highest BCUT2D eigenvalue weighted by Gasteiger charge is 2.55. The first-order chi connectivity index (χ1) is 35.2. The average Bonchev–Trinajstić information content (AvgIpc) is 3.82. The third-order valence-electron chi connectivity index (χ3n) is 14.0. The van der Waals surface area contributed by atoms with Gasteiger partial charge in [-0.25, -0.2) is 9.59 Å². The summed E-state index contributed by atoms with van der Waals surface area (Å²) in [5, 5.41) is 8.44. The minimum absolute atomic E-state index is 0. The Balaban J connectivity index is 0.000000129. The molecule has 0 radical (unpaired) electrons. The van der Waals surface area contributed by atoms with Crippen LogP contribution in [0, 0.1) is 34.6 Å². The lowest BCUT2D eigenvalue weighted by Crippen LogP contribution is -2.36. The summed E-state index contributed by atoms with van der Waals surface area (Å²) in [5.74, 6) is 1.26. The molecule has 8 aromatic rings. The van der Waals surface area contributed by atoms with E-state index >= 15 is 0 Å². The van der Waals surface area contributed by atoms with Crippen molar-refractivity contribution in [1.29, 1.82) is 0 Å². The Hall–Kier alpha value is -9.68. The van der Waals surface area contributed by atoms with E-state index in [0.717, 1.165) is 72.0 Å². The number of imide groups is 1. The molecule has 15 heteroatoms. The SMILES string of the molecule is C.CN1C(=O)c2cccc3c(N=[N+]=[N-])ccc(c23)C1=O.Cc1ccc2c(c1)Oc1cc(C)ccc1C21OC(=O)c2ccccc21.Cc1ccc2c(c1)Oc1cc(N=[N+]=[N-])ccc1C21OC(=O)c2cc(C)c(C)cc21. The number of esters is 2. The van der Waals surface area contributed by atoms with Gasteiger partial charge in [-0.2, -0.15) is 0 Å². The van der Waals surface area contributed by atoms with Gasteiger partial charge >= 0.3 is 11.9 Å². The Morgan fingerprint density at radius 1 is 0.473 bits per heavy atom. The highest BCUT2D eigenvalue weighted by atomic mass is 16.6. The van der Waals surface area contributed by atoms with E-state index in [4.69, 9.17) is 30.0 Å². The van der Waals surface area contributed by atoms with E-state index in [2.05, 4.69) is 20.1 Å². The number of hydrogen-bond acceptors (Lipinski definition) is 10. The summed E-state index contributed by atoms with van der Waals surface area (Å²) in [6.45, 7) is 10.0. The molecule has 15 nitrogen and oxygen atoms in total. The van der Waals surface area contributed by atoms with Crippen LogP contribution in [0.25, 0.3) is 31.7 Å². The van der Waals surface area contributed by atoms with Crippen LogP contribution in [0.15, 0.2) is 150 Å². The van der Waals surface area contributed by atoms with Crippen molar-refractivity contribution in [2.75, 3.05) is 7.05 Å². The van der Waals surface area contributed by atoms with Gasteiger partial charge in [0.2, 0.25) is 0 Å². The van der Waals surface area contributed by atoms with Gasteiger partial charge in [0.25, 0.3) is 11.8 Å². The number of azide groups is 2. The molecule has 5 heterocycles. The zero-order chi connectivity index (χ0) is 51.1. The largest absolute Gasteiger partial charge is 0.456 e. The molecular weight excluding hydrogens is 935 g/mol. The van der Waals surface area contributed by atoms with Gasteiger partial charge in [-0.05, 0) is 127 Å². The number of amides is 2. The molecule has 5 aliphatic heterocycles. The van der Waals surface area contributed by atoms with E-state index in [1.807, 2.05) is 126 Å². The van der Waals surface area contributed by atoms with Crippen LogP contribution in [0.5, 0.6) is 23.0 Å². The van der Waals surface area contributed by atoms with E-state index in [1.165, 1.54) is 7.05 Å². The molecule has 0 bridgehead atoms.